The van der Waals surface area contributed by atoms with Gasteiger partial charge in [0.15, 0.2) is 12.1 Å². The Morgan fingerprint density at radius 3 is 2.64 bits per heavy atom. The van der Waals surface area contributed by atoms with Crippen molar-refractivity contribution in [2.45, 2.75) is 38.5 Å². The topological polar surface area (TPSA) is 66.7 Å². The highest BCUT2D eigenvalue weighted by molar-refractivity contribution is 5.93. The number of carbonyl (C=O) groups is 2. The highest BCUT2D eigenvalue weighted by Crippen LogP contribution is 2.45. The van der Waals surface area contributed by atoms with E-state index in [0.717, 1.165) is 31.4 Å². The molecule has 2 aliphatic rings. The molecule has 6 heteroatoms. The largest absolute Gasteiger partial charge is 0.448 e. The number of oxazole rings is 1. The maximum atomic E-state index is 12.9. The number of benzene rings is 1. The van der Waals surface area contributed by atoms with Gasteiger partial charge in [-0.1, -0.05) is 37.3 Å². The standard InChI is InChI=1S/C22H27N3O3/c1-3-18-19(23-15-28-18)21(27)25-11-9-22(10-12-25)13-17(20(26)24(2)14-22)16-7-5-4-6-8-16/h4-8,15,17H,3,9-14H2,1-2H3/t17-/m1/s1. The molecule has 1 atom stereocenters. The van der Waals surface area contributed by atoms with E-state index in [2.05, 4.69) is 4.98 Å². The number of likely N-dealkylation sites (N-methyl/N-ethyl adjacent to an activating group) is 1. The van der Waals surface area contributed by atoms with E-state index in [1.54, 1.807) is 0 Å². The number of aryl methyl sites for hydroxylation is 1. The fourth-order valence-corrected chi connectivity index (χ4v) is 4.77. The Labute approximate surface area is 165 Å². The van der Waals surface area contributed by atoms with Gasteiger partial charge in [-0.2, -0.15) is 0 Å². The minimum Gasteiger partial charge on any atom is -0.448 e. The monoisotopic (exact) mass is 381 g/mol. The van der Waals surface area contributed by atoms with Crippen LogP contribution in [0.5, 0.6) is 0 Å². The van der Waals surface area contributed by atoms with Gasteiger partial charge in [-0.05, 0) is 30.2 Å². The summed E-state index contributed by atoms with van der Waals surface area (Å²) in [6, 6.07) is 10.1. The maximum absolute atomic E-state index is 12.9. The Balaban J connectivity index is 1.48. The number of likely N-dealkylation sites (tertiary alicyclic amines) is 2. The summed E-state index contributed by atoms with van der Waals surface area (Å²) in [6.07, 6.45) is 4.67. The molecule has 2 fully saturated rings. The number of hydrogen-bond acceptors (Lipinski definition) is 4. The van der Waals surface area contributed by atoms with Gasteiger partial charge in [-0.3, -0.25) is 9.59 Å². The Kier molecular flexibility index (Phi) is 4.96. The van der Waals surface area contributed by atoms with Gasteiger partial charge in [-0.15, -0.1) is 0 Å². The van der Waals surface area contributed by atoms with Crippen LogP contribution in [0.25, 0.3) is 0 Å². The molecule has 0 radical (unpaired) electrons. The van der Waals surface area contributed by atoms with Crippen LogP contribution in [0.2, 0.25) is 0 Å². The summed E-state index contributed by atoms with van der Waals surface area (Å²) < 4.78 is 5.32. The Morgan fingerprint density at radius 2 is 1.96 bits per heavy atom. The number of rotatable bonds is 3. The molecule has 2 amide bonds. The van der Waals surface area contributed by atoms with E-state index in [9.17, 15) is 9.59 Å². The number of carbonyl (C=O) groups excluding carboxylic acids is 2. The molecule has 0 bridgehead atoms. The van der Waals surface area contributed by atoms with Gasteiger partial charge in [0.25, 0.3) is 5.91 Å². The third-order valence-corrected chi connectivity index (χ3v) is 6.36. The van der Waals surface area contributed by atoms with E-state index in [1.165, 1.54) is 6.39 Å². The Hall–Kier alpha value is -2.63. The second kappa shape index (κ2) is 7.41. The van der Waals surface area contributed by atoms with Crippen LogP contribution in [0.4, 0.5) is 0 Å². The average Bonchev–Trinajstić information content (AvgIpc) is 3.20. The van der Waals surface area contributed by atoms with Crippen LogP contribution in [0, 0.1) is 5.41 Å². The molecular formula is C22H27N3O3. The molecule has 28 heavy (non-hydrogen) atoms. The fourth-order valence-electron chi connectivity index (χ4n) is 4.77. The van der Waals surface area contributed by atoms with E-state index >= 15 is 0 Å². The van der Waals surface area contributed by atoms with Gasteiger partial charge >= 0.3 is 0 Å². The fraction of sp³-hybridized carbons (Fsp3) is 0.500. The van der Waals surface area contributed by atoms with E-state index in [0.29, 0.717) is 31.0 Å². The van der Waals surface area contributed by atoms with Crippen molar-refractivity contribution in [1.29, 1.82) is 0 Å². The minimum absolute atomic E-state index is 0.0414. The molecule has 3 heterocycles. The van der Waals surface area contributed by atoms with E-state index < -0.39 is 0 Å². The second-order valence-electron chi connectivity index (χ2n) is 8.13. The molecule has 1 spiro atoms. The third-order valence-electron chi connectivity index (χ3n) is 6.36. The molecule has 148 valence electrons. The summed E-state index contributed by atoms with van der Waals surface area (Å²) in [4.78, 5) is 33.5. The number of nitrogens with zero attached hydrogens (tertiary/aromatic N) is 3. The van der Waals surface area contributed by atoms with Crippen LogP contribution in [-0.4, -0.2) is 53.3 Å². The quantitative estimate of drug-likeness (QED) is 0.819. The van der Waals surface area contributed by atoms with Crippen molar-refractivity contribution in [3.05, 3.63) is 53.7 Å². The summed E-state index contributed by atoms with van der Waals surface area (Å²) >= 11 is 0. The zero-order valence-corrected chi connectivity index (χ0v) is 16.6. The smallest absolute Gasteiger partial charge is 0.276 e. The Bertz CT molecular complexity index is 853. The normalized spacial score (nSPS) is 21.9. The van der Waals surface area contributed by atoms with Crippen LogP contribution in [0.15, 0.2) is 41.1 Å². The number of piperidine rings is 2. The molecule has 2 saturated heterocycles. The zero-order chi connectivity index (χ0) is 19.7. The van der Waals surface area contributed by atoms with Crippen LogP contribution in [-0.2, 0) is 11.2 Å². The predicted molar refractivity (Wildman–Crippen MR) is 105 cm³/mol. The highest BCUT2D eigenvalue weighted by atomic mass is 16.3. The number of hydrogen-bond donors (Lipinski definition) is 0. The molecule has 1 aromatic heterocycles. The van der Waals surface area contributed by atoms with Crippen molar-refractivity contribution in [2.24, 2.45) is 5.41 Å². The lowest BCUT2D eigenvalue weighted by Crippen LogP contribution is -2.53. The molecule has 1 aromatic carbocycles. The van der Waals surface area contributed by atoms with Crippen LogP contribution >= 0.6 is 0 Å². The molecule has 0 aliphatic carbocycles. The molecule has 0 unspecified atom stereocenters. The lowest BCUT2D eigenvalue weighted by atomic mass is 9.67. The first-order valence-corrected chi connectivity index (χ1v) is 10.0. The maximum Gasteiger partial charge on any atom is 0.276 e. The Morgan fingerprint density at radius 1 is 1.25 bits per heavy atom. The molecular weight excluding hydrogens is 354 g/mol. The molecule has 6 nitrogen and oxygen atoms in total. The molecule has 2 aromatic rings. The van der Waals surface area contributed by atoms with Gasteiger partial charge in [0.2, 0.25) is 5.91 Å². The van der Waals surface area contributed by atoms with Gasteiger partial charge in [0, 0.05) is 33.1 Å². The summed E-state index contributed by atoms with van der Waals surface area (Å²) in [7, 11) is 1.90. The van der Waals surface area contributed by atoms with Crippen molar-refractivity contribution in [2.75, 3.05) is 26.7 Å². The zero-order valence-electron chi connectivity index (χ0n) is 16.6. The number of amides is 2. The van der Waals surface area contributed by atoms with Crippen molar-refractivity contribution in [3.8, 4) is 0 Å². The highest BCUT2D eigenvalue weighted by Gasteiger charge is 2.45. The molecule has 2 aliphatic heterocycles. The third kappa shape index (κ3) is 3.32. The van der Waals surface area contributed by atoms with E-state index in [-0.39, 0.29) is 23.1 Å². The summed E-state index contributed by atoms with van der Waals surface area (Å²) in [5.74, 6) is 0.715. The lowest BCUT2D eigenvalue weighted by Gasteiger charge is -2.49. The van der Waals surface area contributed by atoms with Gasteiger partial charge in [0.1, 0.15) is 5.76 Å². The van der Waals surface area contributed by atoms with Crippen molar-refractivity contribution in [3.63, 3.8) is 0 Å². The number of aromatic nitrogens is 1. The first-order valence-electron chi connectivity index (χ1n) is 10.0. The predicted octanol–water partition coefficient (Wildman–Crippen LogP) is 3.11. The van der Waals surface area contributed by atoms with Crippen LogP contribution in [0.3, 0.4) is 0 Å². The van der Waals surface area contributed by atoms with Crippen molar-refractivity contribution >= 4 is 11.8 Å². The van der Waals surface area contributed by atoms with Gasteiger partial charge < -0.3 is 14.2 Å². The summed E-state index contributed by atoms with van der Waals surface area (Å²) in [5, 5.41) is 0. The van der Waals surface area contributed by atoms with E-state index in [1.807, 2.05) is 54.1 Å². The molecule has 0 N–H and O–H groups in total. The lowest BCUT2D eigenvalue weighted by molar-refractivity contribution is -0.139. The average molecular weight is 381 g/mol. The van der Waals surface area contributed by atoms with Crippen LogP contribution < -0.4 is 0 Å². The SMILES string of the molecule is CCc1ocnc1C(=O)N1CCC2(CC1)C[C@H](c1ccccc1)C(=O)N(C)C2. The van der Waals surface area contributed by atoms with Gasteiger partial charge in [0.05, 0.1) is 5.92 Å². The molecule has 0 saturated carbocycles. The molecule has 4 rings (SSSR count). The van der Waals surface area contributed by atoms with Crippen molar-refractivity contribution in [1.82, 2.24) is 14.8 Å². The van der Waals surface area contributed by atoms with Gasteiger partial charge in [-0.25, -0.2) is 4.98 Å². The van der Waals surface area contributed by atoms with E-state index in [4.69, 9.17) is 4.42 Å². The summed E-state index contributed by atoms with van der Waals surface area (Å²) in [6.45, 7) is 4.11. The van der Waals surface area contributed by atoms with Crippen LogP contribution in [0.1, 0.15) is 53.9 Å². The second-order valence-corrected chi connectivity index (χ2v) is 8.13. The van der Waals surface area contributed by atoms with Crippen molar-refractivity contribution < 1.29 is 14.0 Å². The first-order chi connectivity index (χ1) is 13.5. The first kappa shape index (κ1) is 18.7. The minimum atomic E-state index is -0.0931. The summed E-state index contributed by atoms with van der Waals surface area (Å²) in [5.41, 5.74) is 1.60.